The van der Waals surface area contributed by atoms with E-state index >= 15 is 0 Å². The van der Waals surface area contributed by atoms with Crippen LogP contribution in [0.15, 0.2) is 81.7 Å². The third kappa shape index (κ3) is 6.73. The molecule has 9 nitrogen and oxygen atoms in total. The van der Waals surface area contributed by atoms with E-state index in [1.165, 1.54) is 11.3 Å². The number of halogens is 1. The topological polar surface area (TPSA) is 112 Å². The molecule has 0 radical (unpaired) electrons. The van der Waals surface area contributed by atoms with Crippen LogP contribution in [-0.4, -0.2) is 30.4 Å². The van der Waals surface area contributed by atoms with Crippen LogP contribution in [0.5, 0.6) is 17.2 Å². The molecule has 46 heavy (non-hydrogen) atoms. The number of allylic oxidation sites excluding steroid dienone is 1. The Morgan fingerprint density at radius 2 is 1.89 bits per heavy atom. The fourth-order valence-corrected chi connectivity index (χ4v) is 7.00. The third-order valence-corrected chi connectivity index (χ3v) is 8.94. The Kier molecular flexibility index (Phi) is 10.3. The molecule has 0 spiro atoms. The molecule has 1 aliphatic heterocycles. The van der Waals surface area contributed by atoms with Crippen LogP contribution in [0.4, 0.5) is 0 Å². The van der Waals surface area contributed by atoms with E-state index in [0.29, 0.717) is 43.4 Å². The van der Waals surface area contributed by atoms with Crippen molar-refractivity contribution in [2.24, 2.45) is 4.99 Å². The molecule has 1 atom stereocenters. The maximum Gasteiger partial charge on any atom is 0.338 e. The summed E-state index contributed by atoms with van der Waals surface area (Å²) in [6.07, 6.45) is 1.65. The van der Waals surface area contributed by atoms with E-state index in [4.69, 9.17) is 18.9 Å². The van der Waals surface area contributed by atoms with E-state index in [9.17, 15) is 14.9 Å². The zero-order chi connectivity index (χ0) is 33.0. The van der Waals surface area contributed by atoms with Crippen molar-refractivity contribution in [3.8, 4) is 23.3 Å². The number of ether oxygens (including phenoxy) is 4. The number of benzene rings is 3. The number of para-hydroxylation sites is 1. The summed E-state index contributed by atoms with van der Waals surface area (Å²) in [5.41, 5.74) is 3.16. The van der Waals surface area contributed by atoms with E-state index in [1.807, 2.05) is 62.4 Å². The maximum absolute atomic E-state index is 14.2. The van der Waals surface area contributed by atoms with Gasteiger partial charge in [0.15, 0.2) is 16.3 Å². The average molecular weight is 750 g/mol. The number of nitrogens with zero attached hydrogens (tertiary/aromatic N) is 3. The molecular formula is C35H32IN3O6S. The number of rotatable bonds is 10. The molecule has 11 heteroatoms. The molecule has 0 saturated heterocycles. The Labute approximate surface area is 284 Å². The van der Waals surface area contributed by atoms with Crippen LogP contribution in [-0.2, 0) is 16.1 Å². The number of methoxy groups -OCH3 is 1. The van der Waals surface area contributed by atoms with Gasteiger partial charge in [-0.3, -0.25) is 9.36 Å². The first-order valence-corrected chi connectivity index (χ1v) is 16.5. The van der Waals surface area contributed by atoms with Crippen molar-refractivity contribution in [3.05, 3.63) is 117 Å². The number of nitriles is 1. The predicted molar refractivity (Wildman–Crippen MR) is 184 cm³/mol. The van der Waals surface area contributed by atoms with Crippen molar-refractivity contribution in [2.75, 3.05) is 13.7 Å². The molecule has 236 valence electrons. The van der Waals surface area contributed by atoms with Crippen LogP contribution in [0.1, 0.15) is 56.0 Å². The normalized spacial score (nSPS) is 14.4. The second-order valence-electron chi connectivity index (χ2n) is 10.6. The summed E-state index contributed by atoms with van der Waals surface area (Å²) in [5.74, 6) is 1.06. The number of carbonyl (C=O) groups is 1. The first-order chi connectivity index (χ1) is 22.2. The summed E-state index contributed by atoms with van der Waals surface area (Å²) in [6.45, 7) is 7.72. The smallest absolute Gasteiger partial charge is 0.338 e. The molecule has 0 saturated carbocycles. The quantitative estimate of drug-likeness (QED) is 0.152. The number of thiazole rings is 1. The standard InChI is InChI=1S/C35H32IN3O6S/c1-6-43-34(41)30-21(4)38-35-39(31(30)25-13-9-10-14-27(25)45-20(2)3)33(40)29(46-35)17-22-15-26(36)32(28(16-22)42-5)44-19-24-12-8-7-11-23(24)18-37/h7-17,20,31H,6,19H2,1-5H3/b29-17+/t31-/m1/s1. The third-order valence-electron chi connectivity index (χ3n) is 7.15. The van der Waals surface area contributed by atoms with Gasteiger partial charge < -0.3 is 18.9 Å². The summed E-state index contributed by atoms with van der Waals surface area (Å²) < 4.78 is 26.1. The summed E-state index contributed by atoms with van der Waals surface area (Å²) in [5, 5.41) is 9.44. The number of esters is 1. The highest BCUT2D eigenvalue weighted by Crippen LogP contribution is 2.37. The highest BCUT2D eigenvalue weighted by Gasteiger charge is 2.35. The maximum atomic E-state index is 14.2. The van der Waals surface area contributed by atoms with E-state index in [-0.39, 0.29) is 30.5 Å². The van der Waals surface area contributed by atoms with Gasteiger partial charge in [-0.15, -0.1) is 0 Å². The molecule has 3 aromatic carbocycles. The molecule has 1 aromatic heterocycles. The highest BCUT2D eigenvalue weighted by molar-refractivity contribution is 14.1. The molecule has 0 unspecified atom stereocenters. The highest BCUT2D eigenvalue weighted by atomic mass is 127. The molecule has 0 bridgehead atoms. The fourth-order valence-electron chi connectivity index (χ4n) is 5.17. The first-order valence-electron chi connectivity index (χ1n) is 14.6. The van der Waals surface area contributed by atoms with Gasteiger partial charge in [-0.2, -0.15) is 5.26 Å². The molecule has 2 heterocycles. The zero-order valence-electron chi connectivity index (χ0n) is 26.0. The molecule has 4 aromatic rings. The van der Waals surface area contributed by atoms with Crippen molar-refractivity contribution in [1.82, 2.24) is 4.57 Å². The van der Waals surface area contributed by atoms with Crippen LogP contribution in [0.25, 0.3) is 6.08 Å². The zero-order valence-corrected chi connectivity index (χ0v) is 29.0. The molecule has 5 rings (SSSR count). The lowest BCUT2D eigenvalue weighted by Gasteiger charge is -2.26. The average Bonchev–Trinajstić information content (AvgIpc) is 3.33. The lowest BCUT2D eigenvalue weighted by molar-refractivity contribution is -0.139. The number of aromatic nitrogens is 1. The fraction of sp³-hybridized carbons (Fsp3) is 0.257. The van der Waals surface area contributed by atoms with Gasteiger partial charge in [-0.05, 0) is 86.2 Å². The number of hydrogen-bond acceptors (Lipinski definition) is 9. The second-order valence-corrected chi connectivity index (χ2v) is 12.8. The monoisotopic (exact) mass is 749 g/mol. The summed E-state index contributed by atoms with van der Waals surface area (Å²) in [6, 6.07) is 19.8. The molecule has 0 amide bonds. The van der Waals surface area contributed by atoms with Gasteiger partial charge in [0.2, 0.25) is 0 Å². The van der Waals surface area contributed by atoms with Gasteiger partial charge in [0.25, 0.3) is 5.56 Å². The number of fused-ring (bicyclic) bond motifs is 1. The van der Waals surface area contributed by atoms with Gasteiger partial charge >= 0.3 is 5.97 Å². The van der Waals surface area contributed by atoms with Crippen LogP contribution in [0.3, 0.4) is 0 Å². The Hall–Kier alpha value is -4.41. The van der Waals surface area contributed by atoms with E-state index in [1.54, 1.807) is 43.7 Å². The molecular weight excluding hydrogens is 717 g/mol. The van der Waals surface area contributed by atoms with E-state index in [0.717, 1.165) is 14.7 Å². The van der Waals surface area contributed by atoms with Crippen LogP contribution >= 0.6 is 33.9 Å². The Balaban J connectivity index is 1.60. The number of carbonyl (C=O) groups excluding carboxylic acids is 1. The summed E-state index contributed by atoms with van der Waals surface area (Å²) in [7, 11) is 1.55. The van der Waals surface area contributed by atoms with Crippen molar-refractivity contribution < 1.29 is 23.7 Å². The van der Waals surface area contributed by atoms with Gasteiger partial charge in [0.1, 0.15) is 18.4 Å². The van der Waals surface area contributed by atoms with Crippen LogP contribution < -0.4 is 29.1 Å². The van der Waals surface area contributed by atoms with Crippen LogP contribution in [0, 0.1) is 14.9 Å². The lowest BCUT2D eigenvalue weighted by Crippen LogP contribution is -2.40. The van der Waals surface area contributed by atoms with Gasteiger partial charge in [-0.25, -0.2) is 9.79 Å². The second kappa shape index (κ2) is 14.3. The van der Waals surface area contributed by atoms with Crippen molar-refractivity contribution >= 4 is 46.0 Å². The lowest BCUT2D eigenvalue weighted by atomic mass is 9.95. The molecule has 0 aliphatic carbocycles. The minimum Gasteiger partial charge on any atom is -0.493 e. The minimum absolute atomic E-state index is 0.126. The van der Waals surface area contributed by atoms with E-state index < -0.39 is 12.0 Å². The summed E-state index contributed by atoms with van der Waals surface area (Å²) in [4.78, 5) is 32.6. The Morgan fingerprint density at radius 3 is 2.61 bits per heavy atom. The van der Waals surface area contributed by atoms with E-state index in [2.05, 4.69) is 33.7 Å². The Morgan fingerprint density at radius 1 is 1.15 bits per heavy atom. The van der Waals surface area contributed by atoms with Gasteiger partial charge in [-0.1, -0.05) is 47.7 Å². The Bertz CT molecular complexity index is 2060. The molecule has 0 N–H and O–H groups in total. The van der Waals surface area contributed by atoms with Crippen LogP contribution in [0.2, 0.25) is 0 Å². The van der Waals surface area contributed by atoms with Gasteiger partial charge in [0, 0.05) is 11.1 Å². The predicted octanol–water partition coefficient (Wildman–Crippen LogP) is 5.65. The van der Waals surface area contributed by atoms with Crippen molar-refractivity contribution in [1.29, 1.82) is 5.26 Å². The SMILES string of the molecule is CCOC(=O)C1=C(C)N=c2s/c(=C/c3cc(I)c(OCc4ccccc4C#N)c(OC)c3)c(=O)n2[C@@H]1c1ccccc1OC(C)C. The molecule has 0 fully saturated rings. The summed E-state index contributed by atoms with van der Waals surface area (Å²) >= 11 is 3.40. The van der Waals surface area contributed by atoms with Gasteiger partial charge in [0.05, 0.1) is 50.8 Å². The molecule has 1 aliphatic rings. The number of hydrogen-bond donors (Lipinski definition) is 0. The first kappa shape index (κ1) is 33.0. The van der Waals surface area contributed by atoms with Crippen molar-refractivity contribution in [2.45, 2.75) is 46.4 Å². The van der Waals surface area contributed by atoms with Crippen molar-refractivity contribution in [3.63, 3.8) is 0 Å². The minimum atomic E-state index is -0.797. The largest absolute Gasteiger partial charge is 0.493 e.